The van der Waals surface area contributed by atoms with Crippen LogP contribution in [0.1, 0.15) is 30.3 Å². The Kier molecular flexibility index (Phi) is 5.48. The highest BCUT2D eigenvalue weighted by molar-refractivity contribution is 7.98. The minimum absolute atomic E-state index is 0.119. The van der Waals surface area contributed by atoms with Crippen LogP contribution in [0.3, 0.4) is 0 Å². The number of benzene rings is 2. The van der Waals surface area contributed by atoms with E-state index in [-0.39, 0.29) is 11.7 Å². The van der Waals surface area contributed by atoms with Gasteiger partial charge in [0.2, 0.25) is 5.91 Å². The summed E-state index contributed by atoms with van der Waals surface area (Å²) in [6.45, 7) is 1.48. The van der Waals surface area contributed by atoms with Crippen molar-refractivity contribution in [2.75, 3.05) is 5.32 Å². The summed E-state index contributed by atoms with van der Waals surface area (Å²) in [5, 5.41) is 16.7. The first-order valence-corrected chi connectivity index (χ1v) is 11.3. The van der Waals surface area contributed by atoms with Gasteiger partial charge in [0, 0.05) is 24.1 Å². The van der Waals surface area contributed by atoms with Crippen molar-refractivity contribution in [3.63, 3.8) is 0 Å². The van der Waals surface area contributed by atoms with E-state index in [1.165, 1.54) is 30.3 Å². The number of rotatable bonds is 6. The van der Waals surface area contributed by atoms with Crippen molar-refractivity contribution in [1.82, 2.24) is 24.5 Å². The fourth-order valence-corrected chi connectivity index (χ4v) is 4.89. The highest BCUT2D eigenvalue weighted by Crippen LogP contribution is 2.32. The van der Waals surface area contributed by atoms with E-state index in [9.17, 15) is 9.18 Å². The lowest BCUT2D eigenvalue weighted by Gasteiger charge is -2.08. The summed E-state index contributed by atoms with van der Waals surface area (Å²) in [7, 11) is 0. The molecular weight excluding hydrogens is 427 g/mol. The van der Waals surface area contributed by atoms with Gasteiger partial charge < -0.3 is 5.32 Å². The lowest BCUT2D eigenvalue weighted by molar-refractivity contribution is -0.114. The molecular formula is C23H21FN6OS. The zero-order valence-corrected chi connectivity index (χ0v) is 18.3. The molecule has 0 atom stereocenters. The van der Waals surface area contributed by atoms with Gasteiger partial charge in [-0.1, -0.05) is 17.8 Å². The Morgan fingerprint density at radius 1 is 1.16 bits per heavy atom. The lowest BCUT2D eigenvalue weighted by atomic mass is 10.2. The monoisotopic (exact) mass is 448 g/mol. The van der Waals surface area contributed by atoms with Crippen LogP contribution in [-0.2, 0) is 23.4 Å². The average Bonchev–Trinajstić information content (AvgIpc) is 3.50. The van der Waals surface area contributed by atoms with E-state index in [1.807, 2.05) is 33.5 Å². The maximum Gasteiger partial charge on any atom is 0.221 e. The van der Waals surface area contributed by atoms with Crippen molar-refractivity contribution in [2.24, 2.45) is 0 Å². The van der Waals surface area contributed by atoms with Crippen LogP contribution in [-0.4, -0.2) is 30.5 Å². The lowest BCUT2D eigenvalue weighted by Crippen LogP contribution is -2.06. The molecule has 32 heavy (non-hydrogen) atoms. The van der Waals surface area contributed by atoms with Crippen LogP contribution in [0, 0.1) is 5.82 Å². The number of thioether (sulfide) groups is 1. The number of anilines is 1. The molecule has 0 bridgehead atoms. The van der Waals surface area contributed by atoms with Crippen LogP contribution in [0.4, 0.5) is 10.1 Å². The Balaban J connectivity index is 1.39. The van der Waals surface area contributed by atoms with E-state index in [2.05, 4.69) is 15.5 Å². The van der Waals surface area contributed by atoms with Crippen molar-refractivity contribution in [1.29, 1.82) is 0 Å². The topological polar surface area (TPSA) is 77.6 Å². The first-order chi connectivity index (χ1) is 15.6. The zero-order chi connectivity index (χ0) is 22.1. The van der Waals surface area contributed by atoms with E-state index in [0.717, 1.165) is 47.2 Å². The van der Waals surface area contributed by atoms with Gasteiger partial charge in [0.25, 0.3) is 0 Å². The van der Waals surface area contributed by atoms with E-state index in [4.69, 9.17) is 5.10 Å². The van der Waals surface area contributed by atoms with Crippen molar-refractivity contribution < 1.29 is 9.18 Å². The van der Waals surface area contributed by atoms with Crippen molar-refractivity contribution in [2.45, 2.75) is 37.1 Å². The fraction of sp³-hybridized carbons (Fsp3) is 0.217. The molecule has 2 aromatic carbocycles. The van der Waals surface area contributed by atoms with E-state index >= 15 is 0 Å². The Labute approximate surface area is 188 Å². The molecule has 7 nitrogen and oxygen atoms in total. The second-order valence-corrected chi connectivity index (χ2v) is 8.56. The molecule has 1 aliphatic rings. The average molecular weight is 449 g/mol. The van der Waals surface area contributed by atoms with Crippen LogP contribution < -0.4 is 5.32 Å². The highest BCUT2D eigenvalue weighted by Gasteiger charge is 2.23. The van der Waals surface area contributed by atoms with Gasteiger partial charge in [-0.2, -0.15) is 5.10 Å². The maximum atomic E-state index is 13.4. The van der Waals surface area contributed by atoms with Crippen LogP contribution in [0.2, 0.25) is 0 Å². The van der Waals surface area contributed by atoms with Crippen LogP contribution >= 0.6 is 11.8 Å². The van der Waals surface area contributed by atoms with E-state index in [1.54, 1.807) is 30.2 Å². The molecule has 0 saturated heterocycles. The third kappa shape index (κ3) is 4.03. The molecule has 0 saturated carbocycles. The summed E-state index contributed by atoms with van der Waals surface area (Å²) in [4.78, 5) is 11.4. The number of hydrogen-bond acceptors (Lipinski definition) is 5. The maximum absolute atomic E-state index is 13.4. The van der Waals surface area contributed by atoms with Gasteiger partial charge in [0.1, 0.15) is 12.1 Å². The summed E-state index contributed by atoms with van der Waals surface area (Å²) in [5.74, 6) is 0.280. The summed E-state index contributed by atoms with van der Waals surface area (Å²) >= 11 is 1.56. The molecule has 0 spiro atoms. The van der Waals surface area contributed by atoms with Crippen molar-refractivity contribution in [3.05, 3.63) is 77.6 Å². The summed E-state index contributed by atoms with van der Waals surface area (Å²) in [6, 6.07) is 14.0. The minimum Gasteiger partial charge on any atom is -0.326 e. The number of aromatic nitrogens is 5. The first-order valence-electron chi connectivity index (χ1n) is 10.3. The van der Waals surface area contributed by atoms with Gasteiger partial charge in [-0.3, -0.25) is 9.36 Å². The molecule has 162 valence electrons. The molecule has 5 rings (SSSR count). The number of hydrogen-bond donors (Lipinski definition) is 1. The number of halogens is 1. The summed E-state index contributed by atoms with van der Waals surface area (Å²) < 4.78 is 17.2. The SMILES string of the molecule is CC(=O)Nc1cccc(-n2cnnc2SCc2nn(-c3ccc(F)cc3)c3c2CCC3)c1. The Bertz CT molecular complexity index is 1280. The smallest absolute Gasteiger partial charge is 0.221 e. The minimum atomic E-state index is -0.254. The Morgan fingerprint density at radius 3 is 2.81 bits per heavy atom. The molecule has 1 aliphatic carbocycles. The third-order valence-electron chi connectivity index (χ3n) is 5.38. The number of nitrogens with one attached hydrogen (secondary N) is 1. The molecule has 0 aliphatic heterocycles. The molecule has 1 amide bonds. The van der Waals surface area contributed by atoms with Crippen LogP contribution in [0.15, 0.2) is 60.0 Å². The van der Waals surface area contributed by atoms with Gasteiger partial charge in [0.15, 0.2) is 5.16 Å². The standard InChI is InChI=1S/C23H21FN6OS/c1-15(31)26-17-4-2-5-19(12-17)29-14-25-27-23(29)32-13-21-20-6-3-7-22(20)30(28-21)18-10-8-16(24)9-11-18/h2,4-5,8-12,14H,3,6-7,13H2,1H3,(H,26,31). The van der Waals surface area contributed by atoms with Gasteiger partial charge >= 0.3 is 0 Å². The van der Waals surface area contributed by atoms with Crippen molar-refractivity contribution in [3.8, 4) is 11.4 Å². The molecule has 4 aromatic rings. The van der Waals surface area contributed by atoms with E-state index in [0.29, 0.717) is 5.75 Å². The second-order valence-electron chi connectivity index (χ2n) is 7.62. The number of nitrogens with zero attached hydrogens (tertiary/aromatic N) is 5. The van der Waals surface area contributed by atoms with E-state index < -0.39 is 0 Å². The first kappa shape index (κ1) is 20.4. The Hall–Kier alpha value is -3.46. The number of carbonyl (C=O) groups is 1. The quantitative estimate of drug-likeness (QED) is 0.444. The van der Waals surface area contributed by atoms with Gasteiger partial charge in [-0.25, -0.2) is 9.07 Å². The number of fused-ring (bicyclic) bond motifs is 1. The van der Waals surface area contributed by atoms with Crippen LogP contribution in [0.25, 0.3) is 11.4 Å². The molecule has 0 fully saturated rings. The normalized spacial score (nSPS) is 12.7. The molecule has 0 radical (unpaired) electrons. The molecule has 2 heterocycles. The summed E-state index contributed by atoms with van der Waals surface area (Å²) in [5.41, 5.74) is 5.96. The van der Waals surface area contributed by atoms with Crippen LogP contribution in [0.5, 0.6) is 0 Å². The third-order valence-corrected chi connectivity index (χ3v) is 6.34. The van der Waals surface area contributed by atoms with Gasteiger partial charge in [-0.05, 0) is 67.3 Å². The molecule has 2 aromatic heterocycles. The molecule has 0 unspecified atom stereocenters. The predicted octanol–water partition coefficient (Wildman–Crippen LogP) is 4.33. The van der Waals surface area contributed by atoms with Gasteiger partial charge in [-0.15, -0.1) is 10.2 Å². The molecule has 1 N–H and O–H groups in total. The fourth-order valence-electron chi connectivity index (χ4n) is 4.00. The highest BCUT2D eigenvalue weighted by atomic mass is 32.2. The number of carbonyl (C=O) groups excluding carboxylic acids is 1. The second kappa shape index (κ2) is 8.58. The van der Waals surface area contributed by atoms with Gasteiger partial charge in [0.05, 0.1) is 17.1 Å². The predicted molar refractivity (Wildman–Crippen MR) is 121 cm³/mol. The summed E-state index contributed by atoms with van der Waals surface area (Å²) in [6.07, 6.45) is 4.73. The number of amides is 1. The Morgan fingerprint density at radius 2 is 2.00 bits per heavy atom. The zero-order valence-electron chi connectivity index (χ0n) is 17.5. The van der Waals surface area contributed by atoms with Crippen molar-refractivity contribution >= 4 is 23.4 Å². The largest absolute Gasteiger partial charge is 0.326 e. The molecule has 9 heteroatoms.